The largest absolute Gasteiger partial charge is 0.265 e. The third-order valence-corrected chi connectivity index (χ3v) is 17.8. The first-order valence-corrected chi connectivity index (χ1v) is 37.3. The third kappa shape index (κ3) is 22.1. The van der Waals surface area contributed by atoms with Crippen LogP contribution in [0.3, 0.4) is 0 Å². The molecule has 0 spiro atoms. The molecule has 114 heavy (non-hydrogen) atoms. The summed E-state index contributed by atoms with van der Waals surface area (Å²) in [6, 6.07) is 99.7. The second-order valence-electron chi connectivity index (χ2n) is 26.8. The first-order valence-electron chi connectivity index (χ1n) is 37.3. The van der Waals surface area contributed by atoms with E-state index >= 15 is 0 Å². The summed E-state index contributed by atoms with van der Waals surface area (Å²) >= 11 is 0. The third-order valence-electron chi connectivity index (χ3n) is 17.8. The molecule has 0 radical (unpaired) electrons. The number of rotatable bonds is 12. The fourth-order valence-electron chi connectivity index (χ4n) is 12.5. The summed E-state index contributed by atoms with van der Waals surface area (Å²) in [4.78, 5) is 60.8. The molecule has 552 valence electrons. The fourth-order valence-corrected chi connectivity index (χ4v) is 12.5. The van der Waals surface area contributed by atoms with Crippen LogP contribution in [0.15, 0.2) is 390 Å². The van der Waals surface area contributed by atoms with Crippen molar-refractivity contribution in [1.29, 1.82) is 0 Å². The van der Waals surface area contributed by atoms with Crippen LogP contribution in [0.5, 0.6) is 0 Å². The normalized spacial score (nSPS) is 10.4. The number of nitrogens with zero attached hydrogens (tertiary/aromatic N) is 14. The van der Waals surface area contributed by atoms with Crippen LogP contribution in [0, 0.1) is 41.5 Å². The van der Waals surface area contributed by atoms with Crippen LogP contribution in [0.2, 0.25) is 0 Å². The molecule has 4 aromatic carbocycles. The van der Waals surface area contributed by atoms with Crippen LogP contribution in [-0.2, 0) is 0 Å². The molecule has 14 heteroatoms. The van der Waals surface area contributed by atoms with Crippen LogP contribution >= 0.6 is 0 Å². The molecular weight excluding hydrogens is 1400 g/mol. The first-order chi connectivity index (χ1) is 56.0. The first kappa shape index (κ1) is 77.1. The minimum absolute atomic E-state index is 0.876. The molecule has 18 aromatic rings. The van der Waals surface area contributed by atoms with Gasteiger partial charge in [0.05, 0.1) is 74.0 Å². The van der Waals surface area contributed by atoms with Crippen molar-refractivity contribution in [3.63, 3.8) is 0 Å². The Morgan fingerprint density at radius 3 is 0.649 bits per heavy atom. The SMILES string of the molecule is Cc1cc(-c2ccccc2)cc(-c2ccncc2)c1.Cc1cc(-c2ccccc2)nc(-c2ccccn2)c1.Cc1cc(-c2ccccn2)nc(-c2ccccn2)c1.Cc1cc(-c2cccnc2)nc(-c2ccccn2)c1.Cc1cc(-c2ccncc2)cc(-c2ccncc2)c1.Cc1cc(-c2ccncc2)nc(-c2ccccn2)c1. The van der Waals surface area contributed by atoms with Gasteiger partial charge in [0.15, 0.2) is 0 Å². The second-order valence-corrected chi connectivity index (χ2v) is 26.8. The van der Waals surface area contributed by atoms with Crippen molar-refractivity contribution in [1.82, 2.24) is 69.8 Å². The van der Waals surface area contributed by atoms with Gasteiger partial charge in [0.2, 0.25) is 0 Å². The van der Waals surface area contributed by atoms with Gasteiger partial charge < -0.3 is 0 Å². The fraction of sp³-hybridized carbons (Fsp3) is 0.0600. The minimum Gasteiger partial charge on any atom is -0.265 e. The molecule has 0 aliphatic carbocycles. The Morgan fingerprint density at radius 2 is 0.368 bits per heavy atom. The van der Waals surface area contributed by atoms with E-state index in [1.54, 1.807) is 49.6 Å². The van der Waals surface area contributed by atoms with Gasteiger partial charge in [-0.3, -0.25) is 49.8 Å². The Hall–Kier alpha value is -15.0. The lowest BCUT2D eigenvalue weighted by Gasteiger charge is -2.08. The van der Waals surface area contributed by atoms with E-state index in [1.807, 2.05) is 244 Å². The second kappa shape index (κ2) is 39.4. The maximum atomic E-state index is 4.71. The van der Waals surface area contributed by atoms with Crippen molar-refractivity contribution in [3.8, 4) is 135 Å². The standard InChI is InChI=1S/C18H15N.2C17H14N2.3C16H13N3/c1-14-11-17(15-5-3-2-4-6-15)13-18(12-14)16-7-9-19-10-8-16;1-13-10-16(14-2-6-18-7-3-14)12-17(11-13)15-4-8-19-9-5-15;1-13-11-16(14-7-3-2-4-8-14)19-17(12-13)15-9-5-6-10-18-15;1-12-10-15(13-6-2-4-8-17-13)19-16(11-12)14-7-3-5-9-18-14;1-12-9-15(13-5-4-7-17-11-13)19-16(10-12)14-6-2-3-8-18-14;1-12-10-15(13-5-8-17-9-6-13)19-16(11-12)14-4-2-3-7-18-14/h2-13H,1H3;2*2-12H,1H3;3*2-11H,1H3. The molecule has 14 aromatic heterocycles. The summed E-state index contributed by atoms with van der Waals surface area (Å²) in [5.41, 5.74) is 31.9. The zero-order valence-electron chi connectivity index (χ0n) is 64.2. The summed E-state index contributed by atoms with van der Waals surface area (Å²) in [6.45, 7) is 12.5. The van der Waals surface area contributed by atoms with Gasteiger partial charge in [-0.15, -0.1) is 0 Å². The molecule has 0 aliphatic rings. The molecule has 0 bridgehead atoms. The maximum absolute atomic E-state index is 4.71. The smallest absolute Gasteiger partial charge is 0.0896 e. The van der Waals surface area contributed by atoms with E-state index in [9.17, 15) is 0 Å². The summed E-state index contributed by atoms with van der Waals surface area (Å²) in [6.07, 6.45) is 27.0. The molecule has 0 N–H and O–H groups in total. The van der Waals surface area contributed by atoms with Crippen LogP contribution in [-0.4, -0.2) is 69.8 Å². The van der Waals surface area contributed by atoms with Crippen molar-refractivity contribution in [2.75, 3.05) is 0 Å². The summed E-state index contributed by atoms with van der Waals surface area (Å²) in [5.74, 6) is 0. The highest BCUT2D eigenvalue weighted by molar-refractivity contribution is 5.76. The van der Waals surface area contributed by atoms with Crippen molar-refractivity contribution < 1.29 is 0 Å². The minimum atomic E-state index is 0.876. The topological polar surface area (TPSA) is 180 Å². The van der Waals surface area contributed by atoms with E-state index in [-0.39, 0.29) is 0 Å². The van der Waals surface area contributed by atoms with Gasteiger partial charge in [-0.25, -0.2) is 19.9 Å². The lowest BCUT2D eigenvalue weighted by Crippen LogP contribution is -1.93. The molecule has 0 atom stereocenters. The Bertz CT molecular complexity index is 4680. The highest BCUT2D eigenvalue weighted by Crippen LogP contribution is 2.32. The monoisotopic (exact) mass is 1480 g/mol. The van der Waals surface area contributed by atoms with Gasteiger partial charge >= 0.3 is 0 Å². The van der Waals surface area contributed by atoms with E-state index in [2.05, 4.69) is 203 Å². The predicted molar refractivity (Wildman–Crippen MR) is 461 cm³/mol. The zero-order chi connectivity index (χ0) is 78.5. The number of hydrogen-bond donors (Lipinski definition) is 0. The van der Waals surface area contributed by atoms with Crippen molar-refractivity contribution in [2.24, 2.45) is 0 Å². The van der Waals surface area contributed by atoms with Crippen LogP contribution < -0.4 is 0 Å². The quantitative estimate of drug-likeness (QED) is 0.113. The number of aromatic nitrogens is 14. The van der Waals surface area contributed by atoms with E-state index in [1.165, 1.54) is 66.8 Å². The molecule has 14 heterocycles. The Kier molecular flexibility index (Phi) is 26.6. The molecule has 0 amide bonds. The van der Waals surface area contributed by atoms with Crippen molar-refractivity contribution in [3.05, 3.63) is 424 Å². The van der Waals surface area contributed by atoms with Crippen LogP contribution in [0.25, 0.3) is 135 Å². The van der Waals surface area contributed by atoms with Gasteiger partial charge in [-0.05, 0) is 301 Å². The molecule has 0 fully saturated rings. The highest BCUT2D eigenvalue weighted by Gasteiger charge is 2.12. The van der Waals surface area contributed by atoms with Gasteiger partial charge in [-0.2, -0.15) is 0 Å². The molecule has 0 saturated heterocycles. The Labute approximate surface area is 666 Å². The Balaban J connectivity index is 0.000000119. The van der Waals surface area contributed by atoms with E-state index in [0.29, 0.717) is 0 Å². The van der Waals surface area contributed by atoms with Gasteiger partial charge in [0.25, 0.3) is 0 Å². The summed E-state index contributed by atoms with van der Waals surface area (Å²) < 4.78 is 0. The molecule has 0 saturated carbocycles. The summed E-state index contributed by atoms with van der Waals surface area (Å²) in [7, 11) is 0. The lowest BCUT2D eigenvalue weighted by molar-refractivity contribution is 1.20. The van der Waals surface area contributed by atoms with Gasteiger partial charge in [-0.1, -0.05) is 115 Å². The van der Waals surface area contributed by atoms with Gasteiger partial charge in [0, 0.05) is 110 Å². The van der Waals surface area contributed by atoms with Crippen molar-refractivity contribution >= 4 is 0 Å². The highest BCUT2D eigenvalue weighted by atomic mass is 14.8. The number of aryl methyl sites for hydroxylation is 6. The predicted octanol–water partition coefficient (Wildman–Crippen LogP) is 23.5. The molecule has 14 nitrogen and oxygen atoms in total. The molecular formula is C100H82N14. The number of pyridine rings is 14. The number of hydrogen-bond acceptors (Lipinski definition) is 14. The van der Waals surface area contributed by atoms with E-state index in [0.717, 1.165) is 102 Å². The van der Waals surface area contributed by atoms with E-state index < -0.39 is 0 Å². The zero-order valence-corrected chi connectivity index (χ0v) is 64.2. The van der Waals surface area contributed by atoms with Crippen LogP contribution in [0.4, 0.5) is 0 Å². The lowest BCUT2D eigenvalue weighted by atomic mass is 9.97. The molecule has 0 aliphatic heterocycles. The maximum Gasteiger partial charge on any atom is 0.0896 e. The number of benzene rings is 4. The molecule has 0 unspecified atom stereocenters. The average molecular weight is 1480 g/mol. The van der Waals surface area contributed by atoms with Gasteiger partial charge in [0.1, 0.15) is 0 Å². The molecule has 18 rings (SSSR count). The van der Waals surface area contributed by atoms with E-state index in [4.69, 9.17) is 4.98 Å². The average Bonchev–Trinajstić information content (AvgIpc) is 0.855. The summed E-state index contributed by atoms with van der Waals surface area (Å²) in [5, 5.41) is 0. The Morgan fingerprint density at radius 1 is 0.140 bits per heavy atom. The van der Waals surface area contributed by atoms with Crippen LogP contribution in [0.1, 0.15) is 33.4 Å². The van der Waals surface area contributed by atoms with Crippen molar-refractivity contribution in [2.45, 2.75) is 41.5 Å².